The van der Waals surface area contributed by atoms with Gasteiger partial charge in [0.15, 0.2) is 0 Å². The van der Waals surface area contributed by atoms with Gasteiger partial charge >= 0.3 is 0 Å². The molecule has 1 fully saturated rings. The van der Waals surface area contributed by atoms with Gasteiger partial charge in [-0.15, -0.1) is 0 Å². The Morgan fingerprint density at radius 1 is 1.27 bits per heavy atom. The van der Waals surface area contributed by atoms with Crippen LogP contribution < -0.4 is 0 Å². The molecule has 0 amide bonds. The summed E-state index contributed by atoms with van der Waals surface area (Å²) in [4.78, 5) is 2.63. The van der Waals surface area contributed by atoms with Crippen LogP contribution in [0.4, 0.5) is 0 Å². The van der Waals surface area contributed by atoms with Crippen molar-refractivity contribution in [2.75, 3.05) is 6.54 Å². The van der Waals surface area contributed by atoms with Gasteiger partial charge in [0, 0.05) is 12.1 Å². The number of hydrogen-bond donors (Lipinski definition) is 0. The molecule has 1 atom stereocenters. The van der Waals surface area contributed by atoms with Crippen molar-refractivity contribution in [1.82, 2.24) is 4.90 Å². The number of benzene rings is 1. The van der Waals surface area contributed by atoms with Crippen LogP contribution in [0.2, 0.25) is 0 Å². The molecule has 1 saturated heterocycles. The zero-order chi connectivity index (χ0) is 10.8. The van der Waals surface area contributed by atoms with Crippen molar-refractivity contribution in [2.45, 2.75) is 45.7 Å². The van der Waals surface area contributed by atoms with Crippen molar-refractivity contribution >= 4 is 0 Å². The quantitative estimate of drug-likeness (QED) is 0.710. The molecule has 0 N–H and O–H groups in total. The van der Waals surface area contributed by atoms with Crippen LogP contribution in [0, 0.1) is 6.92 Å². The Morgan fingerprint density at radius 3 is 2.67 bits per heavy atom. The molecular formula is C14H21N. The second-order valence-corrected chi connectivity index (χ2v) is 4.85. The summed E-state index contributed by atoms with van der Waals surface area (Å²) in [5.74, 6) is 0. The Labute approximate surface area is 93.1 Å². The zero-order valence-electron chi connectivity index (χ0n) is 10.0. The van der Waals surface area contributed by atoms with E-state index in [-0.39, 0.29) is 0 Å². The van der Waals surface area contributed by atoms with Gasteiger partial charge in [-0.25, -0.2) is 0 Å². The van der Waals surface area contributed by atoms with E-state index in [0.29, 0.717) is 12.1 Å². The summed E-state index contributed by atoms with van der Waals surface area (Å²) in [6, 6.07) is 10.1. The highest BCUT2D eigenvalue weighted by Gasteiger charge is 2.28. The van der Waals surface area contributed by atoms with Crippen molar-refractivity contribution in [3.8, 4) is 0 Å². The van der Waals surface area contributed by atoms with E-state index in [1.807, 2.05) is 0 Å². The number of hydrogen-bond acceptors (Lipinski definition) is 1. The molecule has 0 aliphatic carbocycles. The summed E-state index contributed by atoms with van der Waals surface area (Å²) >= 11 is 0. The lowest BCUT2D eigenvalue weighted by Gasteiger charge is -2.29. The standard InChI is InChI=1S/C14H21N/c1-11(2)15-10-6-9-14(15)13-8-5-4-7-12(13)3/h4-5,7-8,11,14H,6,9-10H2,1-3H3. The minimum Gasteiger partial charge on any atom is -0.294 e. The van der Waals surface area contributed by atoms with Crippen molar-refractivity contribution in [1.29, 1.82) is 0 Å². The van der Waals surface area contributed by atoms with E-state index >= 15 is 0 Å². The van der Waals surface area contributed by atoms with Crippen LogP contribution in [0.5, 0.6) is 0 Å². The predicted molar refractivity (Wildman–Crippen MR) is 65.0 cm³/mol. The second kappa shape index (κ2) is 4.36. The van der Waals surface area contributed by atoms with Crippen molar-refractivity contribution in [3.05, 3.63) is 35.4 Å². The molecule has 1 nitrogen and oxygen atoms in total. The number of rotatable bonds is 2. The Balaban J connectivity index is 2.27. The van der Waals surface area contributed by atoms with Crippen molar-refractivity contribution < 1.29 is 0 Å². The Bertz CT molecular complexity index is 330. The first-order valence-electron chi connectivity index (χ1n) is 6.01. The molecule has 0 aromatic heterocycles. The monoisotopic (exact) mass is 203 g/mol. The van der Waals surface area contributed by atoms with Crippen LogP contribution in [0.25, 0.3) is 0 Å². The average molecular weight is 203 g/mol. The highest BCUT2D eigenvalue weighted by molar-refractivity contribution is 5.29. The summed E-state index contributed by atoms with van der Waals surface area (Å²) in [7, 11) is 0. The van der Waals surface area contributed by atoms with E-state index < -0.39 is 0 Å². The van der Waals surface area contributed by atoms with E-state index in [1.165, 1.54) is 30.5 Å². The van der Waals surface area contributed by atoms with Gasteiger partial charge in [-0.2, -0.15) is 0 Å². The number of likely N-dealkylation sites (tertiary alicyclic amines) is 1. The first kappa shape index (κ1) is 10.7. The maximum absolute atomic E-state index is 2.63. The molecule has 0 radical (unpaired) electrons. The third kappa shape index (κ3) is 2.07. The van der Waals surface area contributed by atoms with Crippen LogP contribution >= 0.6 is 0 Å². The zero-order valence-corrected chi connectivity index (χ0v) is 10.0. The normalized spacial score (nSPS) is 22.5. The van der Waals surface area contributed by atoms with Crippen molar-refractivity contribution in [3.63, 3.8) is 0 Å². The summed E-state index contributed by atoms with van der Waals surface area (Å²) in [6.45, 7) is 8.09. The molecule has 0 saturated carbocycles. The highest BCUT2D eigenvalue weighted by atomic mass is 15.2. The van der Waals surface area contributed by atoms with Crippen LogP contribution in [0.1, 0.15) is 43.9 Å². The summed E-state index contributed by atoms with van der Waals surface area (Å²) < 4.78 is 0. The van der Waals surface area contributed by atoms with Gasteiger partial charge in [0.1, 0.15) is 0 Å². The van der Waals surface area contributed by atoms with Gasteiger partial charge in [0.05, 0.1) is 0 Å². The minimum atomic E-state index is 0.659. The van der Waals surface area contributed by atoms with E-state index in [2.05, 4.69) is 49.9 Å². The maximum Gasteiger partial charge on any atom is 0.0353 e. The molecule has 1 unspecified atom stereocenters. The molecule has 1 aromatic carbocycles. The first-order valence-corrected chi connectivity index (χ1v) is 6.01. The molecule has 0 spiro atoms. The fourth-order valence-electron chi connectivity index (χ4n) is 2.70. The number of nitrogens with zero attached hydrogens (tertiary/aromatic N) is 1. The highest BCUT2D eigenvalue weighted by Crippen LogP contribution is 2.34. The van der Waals surface area contributed by atoms with Gasteiger partial charge in [-0.1, -0.05) is 24.3 Å². The van der Waals surface area contributed by atoms with Gasteiger partial charge in [0.2, 0.25) is 0 Å². The minimum absolute atomic E-state index is 0.659. The Morgan fingerprint density at radius 2 is 2.00 bits per heavy atom. The van der Waals surface area contributed by atoms with E-state index in [0.717, 1.165) is 0 Å². The first-order chi connectivity index (χ1) is 7.20. The predicted octanol–water partition coefficient (Wildman–Crippen LogP) is 3.54. The lowest BCUT2D eigenvalue weighted by atomic mass is 9.99. The fraction of sp³-hybridized carbons (Fsp3) is 0.571. The molecule has 1 heteroatoms. The summed E-state index contributed by atoms with van der Waals surface area (Å²) in [5, 5.41) is 0. The van der Waals surface area contributed by atoms with Crippen molar-refractivity contribution in [2.24, 2.45) is 0 Å². The van der Waals surface area contributed by atoms with Gasteiger partial charge < -0.3 is 0 Å². The van der Waals surface area contributed by atoms with Crippen LogP contribution in [-0.4, -0.2) is 17.5 Å². The molecule has 1 aliphatic heterocycles. The Hall–Kier alpha value is -0.820. The molecule has 15 heavy (non-hydrogen) atoms. The number of aryl methyl sites for hydroxylation is 1. The second-order valence-electron chi connectivity index (χ2n) is 4.85. The van der Waals surface area contributed by atoms with E-state index in [4.69, 9.17) is 0 Å². The fourth-order valence-corrected chi connectivity index (χ4v) is 2.70. The van der Waals surface area contributed by atoms with Crippen LogP contribution in [-0.2, 0) is 0 Å². The maximum atomic E-state index is 2.63. The van der Waals surface area contributed by atoms with Crippen LogP contribution in [0.15, 0.2) is 24.3 Å². The molecule has 0 bridgehead atoms. The van der Waals surface area contributed by atoms with Gasteiger partial charge in [-0.05, 0) is 51.3 Å². The molecule has 82 valence electrons. The summed E-state index contributed by atoms with van der Waals surface area (Å²) in [5.41, 5.74) is 2.97. The Kier molecular flexibility index (Phi) is 3.11. The van der Waals surface area contributed by atoms with Crippen LogP contribution in [0.3, 0.4) is 0 Å². The third-order valence-electron chi connectivity index (χ3n) is 3.50. The smallest absolute Gasteiger partial charge is 0.0353 e. The van der Waals surface area contributed by atoms with Gasteiger partial charge in [-0.3, -0.25) is 4.90 Å². The SMILES string of the molecule is Cc1ccccc1C1CCCN1C(C)C. The molecule has 1 aromatic rings. The van der Waals surface area contributed by atoms with Gasteiger partial charge in [0.25, 0.3) is 0 Å². The van der Waals surface area contributed by atoms with E-state index in [9.17, 15) is 0 Å². The third-order valence-corrected chi connectivity index (χ3v) is 3.50. The molecular weight excluding hydrogens is 182 g/mol. The molecule has 2 rings (SSSR count). The average Bonchev–Trinajstić information content (AvgIpc) is 2.67. The molecule has 1 heterocycles. The van der Waals surface area contributed by atoms with E-state index in [1.54, 1.807) is 0 Å². The lowest BCUT2D eigenvalue weighted by molar-refractivity contribution is 0.205. The lowest BCUT2D eigenvalue weighted by Crippen LogP contribution is -2.30. The summed E-state index contributed by atoms with van der Waals surface area (Å²) in [6.07, 6.45) is 2.67. The molecule has 1 aliphatic rings. The topological polar surface area (TPSA) is 3.24 Å². The largest absolute Gasteiger partial charge is 0.294 e.